The number of hydrogen-bond donors (Lipinski definition) is 1. The zero-order valence-electron chi connectivity index (χ0n) is 11.2. The van der Waals surface area contributed by atoms with Crippen molar-refractivity contribution in [2.75, 3.05) is 0 Å². The molecule has 2 nitrogen and oxygen atoms in total. The van der Waals surface area contributed by atoms with E-state index in [-0.39, 0.29) is 11.8 Å². The van der Waals surface area contributed by atoms with Gasteiger partial charge in [-0.15, -0.1) is 0 Å². The van der Waals surface area contributed by atoms with E-state index >= 15 is 0 Å². The quantitative estimate of drug-likeness (QED) is 0.835. The summed E-state index contributed by atoms with van der Waals surface area (Å²) >= 11 is 3.55. The molecule has 19 heavy (non-hydrogen) atoms. The molecule has 1 fully saturated rings. The van der Waals surface area contributed by atoms with Crippen LogP contribution in [0.4, 0.5) is 0 Å². The van der Waals surface area contributed by atoms with Crippen LogP contribution in [0.15, 0.2) is 28.7 Å². The van der Waals surface area contributed by atoms with Crippen LogP contribution in [0.3, 0.4) is 0 Å². The maximum atomic E-state index is 10.7. The average Bonchev–Trinajstić information content (AvgIpc) is 2.39. The fourth-order valence-corrected chi connectivity index (χ4v) is 3.71. The lowest BCUT2D eigenvalue weighted by Gasteiger charge is -2.38. The third-order valence-corrected chi connectivity index (χ3v) is 4.79. The van der Waals surface area contributed by atoms with Gasteiger partial charge in [0.25, 0.3) is 0 Å². The number of aliphatic carboxylic acids is 1. The first kappa shape index (κ1) is 14.6. The van der Waals surface area contributed by atoms with Crippen LogP contribution in [0.5, 0.6) is 0 Å². The second-order valence-electron chi connectivity index (χ2n) is 5.60. The van der Waals surface area contributed by atoms with Gasteiger partial charge < -0.3 is 5.11 Å². The van der Waals surface area contributed by atoms with Crippen molar-refractivity contribution in [3.8, 4) is 0 Å². The van der Waals surface area contributed by atoms with Crippen molar-refractivity contribution in [1.82, 2.24) is 0 Å². The van der Waals surface area contributed by atoms with E-state index in [0.29, 0.717) is 0 Å². The maximum absolute atomic E-state index is 10.7. The minimum atomic E-state index is -0.680. The van der Waals surface area contributed by atoms with E-state index < -0.39 is 5.97 Å². The van der Waals surface area contributed by atoms with Crippen LogP contribution < -0.4 is 0 Å². The number of hydrogen-bond acceptors (Lipinski definition) is 1. The molecule has 0 saturated heterocycles. The van der Waals surface area contributed by atoms with E-state index in [2.05, 4.69) is 40.2 Å². The van der Waals surface area contributed by atoms with Crippen LogP contribution in [0.25, 0.3) is 0 Å². The van der Waals surface area contributed by atoms with Crippen LogP contribution in [0, 0.1) is 0 Å². The summed E-state index contributed by atoms with van der Waals surface area (Å²) in [5.41, 5.74) is 1.59. The average molecular weight is 325 g/mol. The molecule has 2 rings (SSSR count). The standard InChI is InChI=1S/C16H21BrO2/c17-14-7-4-6-13(12-14)16(9-2-1-3-10-16)11-5-8-15(18)19/h4,6-7,12H,1-3,5,8-11H2,(H,18,19). The number of halogens is 1. The van der Waals surface area contributed by atoms with Gasteiger partial charge in [-0.1, -0.05) is 47.3 Å². The molecule has 1 aliphatic rings. The second-order valence-corrected chi connectivity index (χ2v) is 6.51. The predicted molar refractivity (Wildman–Crippen MR) is 80.4 cm³/mol. The van der Waals surface area contributed by atoms with Crippen LogP contribution in [0.2, 0.25) is 0 Å². The molecule has 0 heterocycles. The second kappa shape index (κ2) is 6.56. The highest BCUT2D eigenvalue weighted by Crippen LogP contribution is 2.43. The highest BCUT2D eigenvalue weighted by Gasteiger charge is 2.33. The molecule has 1 aromatic carbocycles. The van der Waals surface area contributed by atoms with Crippen molar-refractivity contribution in [2.24, 2.45) is 0 Å². The lowest BCUT2D eigenvalue weighted by atomic mass is 9.67. The zero-order valence-corrected chi connectivity index (χ0v) is 12.8. The highest BCUT2D eigenvalue weighted by atomic mass is 79.9. The van der Waals surface area contributed by atoms with Crippen molar-refractivity contribution >= 4 is 21.9 Å². The summed E-state index contributed by atoms with van der Waals surface area (Å²) in [7, 11) is 0. The van der Waals surface area contributed by atoms with Crippen molar-refractivity contribution < 1.29 is 9.90 Å². The first-order valence-corrected chi connectivity index (χ1v) is 7.90. The Bertz CT molecular complexity index is 436. The van der Waals surface area contributed by atoms with Gasteiger partial charge in [-0.05, 0) is 48.8 Å². The van der Waals surface area contributed by atoms with Crippen molar-refractivity contribution in [3.05, 3.63) is 34.3 Å². The van der Waals surface area contributed by atoms with E-state index in [0.717, 1.165) is 17.3 Å². The summed E-state index contributed by atoms with van der Waals surface area (Å²) < 4.78 is 1.12. The normalized spacial score (nSPS) is 18.2. The third kappa shape index (κ3) is 3.82. The number of carbonyl (C=O) groups is 1. The summed E-state index contributed by atoms with van der Waals surface area (Å²) in [5, 5.41) is 8.83. The Morgan fingerprint density at radius 3 is 2.63 bits per heavy atom. The maximum Gasteiger partial charge on any atom is 0.303 e. The van der Waals surface area contributed by atoms with E-state index in [9.17, 15) is 4.79 Å². The number of benzene rings is 1. The fourth-order valence-electron chi connectivity index (χ4n) is 3.31. The first-order valence-electron chi connectivity index (χ1n) is 7.10. The molecule has 1 aromatic rings. The number of carboxylic acids is 1. The van der Waals surface area contributed by atoms with Gasteiger partial charge in [0.15, 0.2) is 0 Å². The van der Waals surface area contributed by atoms with Gasteiger partial charge >= 0.3 is 5.97 Å². The van der Waals surface area contributed by atoms with Gasteiger partial charge in [0, 0.05) is 10.9 Å². The Hall–Kier alpha value is -0.830. The molecular weight excluding hydrogens is 304 g/mol. The van der Waals surface area contributed by atoms with E-state index in [1.54, 1.807) is 0 Å². The summed E-state index contributed by atoms with van der Waals surface area (Å²) in [4.78, 5) is 10.7. The SMILES string of the molecule is O=C(O)CCCC1(c2cccc(Br)c2)CCCCC1. The summed E-state index contributed by atoms with van der Waals surface area (Å²) in [6.07, 6.45) is 8.30. The molecule has 1 aliphatic carbocycles. The monoisotopic (exact) mass is 324 g/mol. The van der Waals surface area contributed by atoms with Gasteiger partial charge in [-0.2, -0.15) is 0 Å². The number of carboxylic acid groups (broad SMARTS) is 1. The van der Waals surface area contributed by atoms with Crippen LogP contribution >= 0.6 is 15.9 Å². The van der Waals surface area contributed by atoms with Gasteiger partial charge in [0.2, 0.25) is 0 Å². The van der Waals surface area contributed by atoms with Crippen molar-refractivity contribution in [1.29, 1.82) is 0 Å². The highest BCUT2D eigenvalue weighted by molar-refractivity contribution is 9.10. The number of rotatable bonds is 5. The molecule has 0 unspecified atom stereocenters. The summed E-state index contributed by atoms with van der Waals surface area (Å²) in [6, 6.07) is 8.56. The molecule has 0 aromatic heterocycles. The molecule has 0 radical (unpaired) electrons. The Morgan fingerprint density at radius 1 is 1.26 bits per heavy atom. The molecule has 3 heteroatoms. The minimum absolute atomic E-state index is 0.206. The smallest absolute Gasteiger partial charge is 0.303 e. The molecule has 0 spiro atoms. The van der Waals surface area contributed by atoms with Crippen LogP contribution in [-0.4, -0.2) is 11.1 Å². The van der Waals surface area contributed by atoms with Gasteiger partial charge in [-0.25, -0.2) is 0 Å². The third-order valence-electron chi connectivity index (χ3n) is 4.29. The summed E-state index contributed by atoms with van der Waals surface area (Å²) in [6.45, 7) is 0. The van der Waals surface area contributed by atoms with E-state index in [1.807, 2.05) is 0 Å². The van der Waals surface area contributed by atoms with E-state index in [1.165, 1.54) is 37.7 Å². The molecule has 0 atom stereocenters. The lowest BCUT2D eigenvalue weighted by Crippen LogP contribution is -2.29. The van der Waals surface area contributed by atoms with Crippen LogP contribution in [-0.2, 0) is 10.2 Å². The molecule has 0 bridgehead atoms. The van der Waals surface area contributed by atoms with Crippen LogP contribution in [0.1, 0.15) is 56.9 Å². The summed E-state index contributed by atoms with van der Waals surface area (Å²) in [5.74, 6) is -0.680. The van der Waals surface area contributed by atoms with Crippen molar-refractivity contribution in [2.45, 2.75) is 56.8 Å². The lowest BCUT2D eigenvalue weighted by molar-refractivity contribution is -0.137. The largest absolute Gasteiger partial charge is 0.481 e. The molecular formula is C16H21BrO2. The molecule has 1 saturated carbocycles. The topological polar surface area (TPSA) is 37.3 Å². The molecule has 1 N–H and O–H groups in total. The van der Waals surface area contributed by atoms with Gasteiger partial charge in [-0.3, -0.25) is 4.79 Å². The Labute approximate surface area is 123 Å². The predicted octanol–water partition coefficient (Wildman–Crippen LogP) is 4.91. The molecule has 104 valence electrons. The first-order chi connectivity index (χ1) is 9.12. The minimum Gasteiger partial charge on any atom is -0.481 e. The van der Waals surface area contributed by atoms with Crippen molar-refractivity contribution in [3.63, 3.8) is 0 Å². The molecule has 0 aliphatic heterocycles. The Morgan fingerprint density at radius 2 is 2.00 bits per heavy atom. The van der Waals surface area contributed by atoms with Gasteiger partial charge in [0.05, 0.1) is 0 Å². The Kier molecular flexibility index (Phi) is 5.03. The van der Waals surface area contributed by atoms with E-state index in [4.69, 9.17) is 5.11 Å². The van der Waals surface area contributed by atoms with Gasteiger partial charge in [0.1, 0.15) is 0 Å². The molecule has 0 amide bonds. The fraction of sp³-hybridized carbons (Fsp3) is 0.562. The Balaban J connectivity index is 2.16. The zero-order chi connectivity index (χ0) is 13.7.